The van der Waals surface area contributed by atoms with Crippen LogP contribution in [0.3, 0.4) is 0 Å². The van der Waals surface area contributed by atoms with Crippen LogP contribution < -0.4 is 19.5 Å². The van der Waals surface area contributed by atoms with E-state index in [4.69, 9.17) is 25.8 Å². The Hall–Kier alpha value is -3.22. The molecule has 6 nitrogen and oxygen atoms in total. The summed E-state index contributed by atoms with van der Waals surface area (Å²) < 4.78 is 16.2. The van der Waals surface area contributed by atoms with Crippen LogP contribution in [0.1, 0.15) is 27.4 Å². The van der Waals surface area contributed by atoms with E-state index >= 15 is 0 Å². The molecular formula is C29H33ClN2O4. The number of nitrogens with zero attached hydrogens (tertiary/aromatic N) is 1. The molecule has 1 aliphatic heterocycles. The fraction of sp³-hybridized carbons (Fsp3) is 0.345. The van der Waals surface area contributed by atoms with Crippen molar-refractivity contribution in [2.45, 2.75) is 12.3 Å². The van der Waals surface area contributed by atoms with Crippen molar-refractivity contribution in [2.75, 3.05) is 47.5 Å². The summed E-state index contributed by atoms with van der Waals surface area (Å²) in [7, 11) is 4.98. The Labute approximate surface area is 218 Å². The number of carbonyl (C=O) groups excluding carboxylic acids is 1. The zero-order valence-corrected chi connectivity index (χ0v) is 21.8. The number of halogens is 1. The van der Waals surface area contributed by atoms with Crippen LogP contribution in [0.2, 0.25) is 5.02 Å². The molecule has 1 N–H and O–H groups in total. The molecule has 0 spiro atoms. The van der Waals surface area contributed by atoms with Gasteiger partial charge in [-0.1, -0.05) is 29.8 Å². The van der Waals surface area contributed by atoms with Crippen LogP contribution in [0.5, 0.6) is 17.2 Å². The van der Waals surface area contributed by atoms with Crippen molar-refractivity contribution in [2.24, 2.45) is 5.92 Å². The van der Waals surface area contributed by atoms with E-state index in [2.05, 4.69) is 28.4 Å². The smallest absolute Gasteiger partial charge is 0.251 e. The molecule has 0 aromatic heterocycles. The van der Waals surface area contributed by atoms with Gasteiger partial charge in [-0.15, -0.1) is 0 Å². The summed E-state index contributed by atoms with van der Waals surface area (Å²) in [4.78, 5) is 15.2. The number of rotatable bonds is 10. The molecule has 0 radical (unpaired) electrons. The monoisotopic (exact) mass is 508 g/mol. The first kappa shape index (κ1) is 25.9. The average Bonchev–Trinajstić information content (AvgIpc) is 3.33. The molecule has 190 valence electrons. The molecule has 0 bridgehead atoms. The molecule has 7 heteroatoms. The highest BCUT2D eigenvalue weighted by molar-refractivity contribution is 6.30. The molecule has 1 fully saturated rings. The molecule has 36 heavy (non-hydrogen) atoms. The second-order valence-corrected chi connectivity index (χ2v) is 9.49. The lowest BCUT2D eigenvalue weighted by atomic mass is 9.89. The van der Waals surface area contributed by atoms with Gasteiger partial charge in [-0.05, 0) is 72.0 Å². The number of hydrogen-bond acceptors (Lipinski definition) is 5. The largest absolute Gasteiger partial charge is 0.497 e. The highest BCUT2D eigenvalue weighted by atomic mass is 35.5. The number of benzene rings is 3. The summed E-state index contributed by atoms with van der Waals surface area (Å²) in [5.41, 5.74) is 3.08. The zero-order chi connectivity index (χ0) is 25.5. The first-order valence-electron chi connectivity index (χ1n) is 12.1. The molecule has 0 aliphatic carbocycles. The van der Waals surface area contributed by atoms with Gasteiger partial charge in [0, 0.05) is 42.7 Å². The summed E-state index contributed by atoms with van der Waals surface area (Å²) in [6.07, 6.45) is 0.902. The number of amides is 1. The second kappa shape index (κ2) is 12.2. The maximum atomic E-state index is 12.7. The molecule has 2 atom stereocenters. The standard InChI is InChI=1S/C29H33ClN2O4/c1-34-25-11-7-21(8-12-25)26-19-32(15-14-20-4-13-27(35-2)28(16-20)36-3)18-23(26)17-31-29(33)22-5-9-24(30)10-6-22/h4-13,16,23,26H,14-15,17-19H2,1-3H3,(H,31,33)/t23-,26+/m0/s1. The molecule has 1 amide bonds. The van der Waals surface area contributed by atoms with E-state index in [0.29, 0.717) is 29.0 Å². The molecular weight excluding hydrogens is 476 g/mol. The molecule has 3 aromatic carbocycles. The van der Waals surface area contributed by atoms with Crippen LogP contribution in [0, 0.1) is 5.92 Å². The Morgan fingerprint density at radius 1 is 0.917 bits per heavy atom. The summed E-state index contributed by atoms with van der Waals surface area (Å²) in [6.45, 7) is 3.36. The molecule has 4 rings (SSSR count). The van der Waals surface area contributed by atoms with Crippen LogP contribution in [-0.2, 0) is 6.42 Å². The maximum Gasteiger partial charge on any atom is 0.251 e. The quantitative estimate of drug-likeness (QED) is 0.415. The molecule has 3 aromatic rings. The van der Waals surface area contributed by atoms with Crippen LogP contribution >= 0.6 is 11.6 Å². The van der Waals surface area contributed by atoms with Gasteiger partial charge in [0.15, 0.2) is 11.5 Å². The lowest BCUT2D eigenvalue weighted by Crippen LogP contribution is -2.32. The first-order chi connectivity index (χ1) is 17.5. The van der Waals surface area contributed by atoms with E-state index in [0.717, 1.165) is 43.3 Å². The molecule has 1 aliphatic rings. The Morgan fingerprint density at radius 2 is 1.64 bits per heavy atom. The fourth-order valence-corrected chi connectivity index (χ4v) is 4.96. The Morgan fingerprint density at radius 3 is 2.31 bits per heavy atom. The van der Waals surface area contributed by atoms with Gasteiger partial charge < -0.3 is 24.4 Å². The maximum absolute atomic E-state index is 12.7. The van der Waals surface area contributed by atoms with Gasteiger partial charge in [-0.2, -0.15) is 0 Å². The molecule has 1 saturated heterocycles. The van der Waals surface area contributed by atoms with Crippen molar-refractivity contribution < 1.29 is 19.0 Å². The third kappa shape index (κ3) is 6.31. The van der Waals surface area contributed by atoms with E-state index in [1.807, 2.05) is 24.3 Å². The SMILES string of the molecule is COc1ccc([C@H]2CN(CCc3ccc(OC)c(OC)c3)C[C@@H]2CNC(=O)c2ccc(Cl)cc2)cc1. The average molecular weight is 509 g/mol. The van der Waals surface area contributed by atoms with Crippen LogP contribution in [0.15, 0.2) is 66.7 Å². The number of methoxy groups -OCH3 is 3. The third-order valence-corrected chi connectivity index (χ3v) is 7.11. The highest BCUT2D eigenvalue weighted by Crippen LogP contribution is 2.34. The van der Waals surface area contributed by atoms with Crippen molar-refractivity contribution >= 4 is 17.5 Å². The van der Waals surface area contributed by atoms with Gasteiger partial charge in [-0.3, -0.25) is 4.79 Å². The summed E-state index contributed by atoms with van der Waals surface area (Å²) in [5, 5.41) is 3.76. The van der Waals surface area contributed by atoms with Gasteiger partial charge in [0.1, 0.15) is 5.75 Å². The predicted molar refractivity (Wildman–Crippen MR) is 143 cm³/mol. The van der Waals surface area contributed by atoms with E-state index < -0.39 is 0 Å². The van der Waals surface area contributed by atoms with Gasteiger partial charge in [-0.25, -0.2) is 0 Å². The summed E-state index contributed by atoms with van der Waals surface area (Å²) in [6, 6.07) is 21.3. The number of hydrogen-bond donors (Lipinski definition) is 1. The number of nitrogens with one attached hydrogen (secondary N) is 1. The van der Waals surface area contributed by atoms with Crippen molar-refractivity contribution in [1.29, 1.82) is 0 Å². The molecule has 0 unspecified atom stereocenters. The van der Waals surface area contributed by atoms with Gasteiger partial charge in [0.25, 0.3) is 5.91 Å². The topological polar surface area (TPSA) is 60.0 Å². The van der Waals surface area contributed by atoms with E-state index in [-0.39, 0.29) is 5.91 Å². The van der Waals surface area contributed by atoms with Crippen molar-refractivity contribution in [3.8, 4) is 17.2 Å². The third-order valence-electron chi connectivity index (χ3n) is 6.86. The lowest BCUT2D eigenvalue weighted by molar-refractivity contribution is 0.0946. The van der Waals surface area contributed by atoms with Gasteiger partial charge in [0.05, 0.1) is 21.3 Å². The van der Waals surface area contributed by atoms with Crippen LogP contribution in [0.4, 0.5) is 0 Å². The van der Waals surface area contributed by atoms with E-state index in [1.54, 1.807) is 45.6 Å². The van der Waals surface area contributed by atoms with Crippen LogP contribution in [-0.4, -0.2) is 58.3 Å². The van der Waals surface area contributed by atoms with Gasteiger partial charge in [0.2, 0.25) is 0 Å². The fourth-order valence-electron chi connectivity index (χ4n) is 4.83. The molecule has 0 saturated carbocycles. The Bertz CT molecular complexity index is 1150. The Balaban J connectivity index is 1.44. The number of carbonyl (C=O) groups is 1. The zero-order valence-electron chi connectivity index (χ0n) is 21.0. The Kier molecular flexibility index (Phi) is 8.73. The predicted octanol–water partition coefficient (Wildman–Crippen LogP) is 5.05. The van der Waals surface area contributed by atoms with Crippen molar-refractivity contribution in [1.82, 2.24) is 10.2 Å². The number of ether oxygens (including phenoxy) is 3. The highest BCUT2D eigenvalue weighted by Gasteiger charge is 2.33. The summed E-state index contributed by atoms with van der Waals surface area (Å²) >= 11 is 5.97. The van der Waals surface area contributed by atoms with E-state index in [1.165, 1.54) is 11.1 Å². The van der Waals surface area contributed by atoms with Crippen molar-refractivity contribution in [3.05, 3.63) is 88.4 Å². The second-order valence-electron chi connectivity index (χ2n) is 9.06. The first-order valence-corrected chi connectivity index (χ1v) is 12.5. The normalized spacial score (nSPS) is 17.6. The van der Waals surface area contributed by atoms with Crippen molar-refractivity contribution in [3.63, 3.8) is 0 Å². The van der Waals surface area contributed by atoms with Crippen LogP contribution in [0.25, 0.3) is 0 Å². The summed E-state index contributed by atoms with van der Waals surface area (Å²) in [5.74, 6) is 2.85. The minimum absolute atomic E-state index is 0.0797. The minimum atomic E-state index is -0.0797. The van der Waals surface area contributed by atoms with E-state index in [9.17, 15) is 4.79 Å². The molecule has 1 heterocycles. The lowest BCUT2D eigenvalue weighted by Gasteiger charge is -2.19. The minimum Gasteiger partial charge on any atom is -0.497 e. The number of likely N-dealkylation sites (tertiary alicyclic amines) is 1. The van der Waals surface area contributed by atoms with Gasteiger partial charge >= 0.3 is 0 Å².